The third-order valence-electron chi connectivity index (χ3n) is 5.85. The predicted octanol–water partition coefficient (Wildman–Crippen LogP) is 5.07. The summed E-state index contributed by atoms with van der Waals surface area (Å²) >= 11 is 7.57. The highest BCUT2D eigenvalue weighted by molar-refractivity contribution is 7.71. The second-order valence-electron chi connectivity index (χ2n) is 7.89. The standard InChI is InChI=1S/C23H26N4OS2/c29-23-26(16-20-8-4-14-28-20)22(21-9-5-15-30-21)24-27(23)17-25-12-10-19(11-13-25)18-6-2-1-3-7-18/h1-3,5-7,9-10,15,20H,4,8,11-14,16-17H2. The van der Waals surface area contributed by atoms with Gasteiger partial charge in [0.1, 0.15) is 0 Å². The minimum absolute atomic E-state index is 0.236. The molecule has 0 N–H and O–H groups in total. The van der Waals surface area contributed by atoms with Crippen LogP contribution in [0.5, 0.6) is 0 Å². The zero-order valence-corrected chi connectivity index (χ0v) is 18.6. The molecule has 156 valence electrons. The van der Waals surface area contributed by atoms with Crippen LogP contribution in [0.2, 0.25) is 0 Å². The second-order valence-corrected chi connectivity index (χ2v) is 9.21. The van der Waals surface area contributed by atoms with E-state index in [0.29, 0.717) is 6.67 Å². The van der Waals surface area contributed by atoms with Gasteiger partial charge >= 0.3 is 0 Å². The molecule has 4 heterocycles. The first-order chi connectivity index (χ1) is 14.8. The van der Waals surface area contributed by atoms with E-state index in [4.69, 9.17) is 22.1 Å². The maximum Gasteiger partial charge on any atom is 0.199 e. The second kappa shape index (κ2) is 8.98. The van der Waals surface area contributed by atoms with Gasteiger partial charge in [-0.25, -0.2) is 4.68 Å². The number of benzene rings is 1. The molecule has 3 aromatic rings. The van der Waals surface area contributed by atoms with Gasteiger partial charge in [0.2, 0.25) is 0 Å². The molecule has 0 amide bonds. The van der Waals surface area contributed by atoms with Gasteiger partial charge in [-0.1, -0.05) is 42.5 Å². The van der Waals surface area contributed by atoms with Crippen molar-refractivity contribution in [3.8, 4) is 10.7 Å². The van der Waals surface area contributed by atoms with Crippen molar-refractivity contribution in [3.63, 3.8) is 0 Å². The molecule has 0 saturated carbocycles. The molecule has 0 aliphatic carbocycles. The quantitative estimate of drug-likeness (QED) is 0.504. The van der Waals surface area contributed by atoms with Crippen LogP contribution >= 0.6 is 23.6 Å². The molecule has 2 aliphatic rings. The van der Waals surface area contributed by atoms with Crippen LogP contribution in [0.25, 0.3) is 16.3 Å². The highest BCUT2D eigenvalue weighted by Crippen LogP contribution is 2.26. The fraction of sp³-hybridized carbons (Fsp3) is 0.391. The molecule has 5 nitrogen and oxygen atoms in total. The fourth-order valence-electron chi connectivity index (χ4n) is 4.22. The monoisotopic (exact) mass is 438 g/mol. The zero-order valence-electron chi connectivity index (χ0n) is 16.9. The van der Waals surface area contributed by atoms with E-state index in [9.17, 15) is 0 Å². The van der Waals surface area contributed by atoms with Gasteiger partial charge in [-0.05, 0) is 54.1 Å². The lowest BCUT2D eigenvalue weighted by atomic mass is 10.00. The highest BCUT2D eigenvalue weighted by Gasteiger charge is 2.22. The molecule has 1 fully saturated rings. The van der Waals surface area contributed by atoms with Crippen molar-refractivity contribution in [2.45, 2.75) is 38.6 Å². The molecule has 7 heteroatoms. The summed E-state index contributed by atoms with van der Waals surface area (Å²) in [5.74, 6) is 0.961. The zero-order chi connectivity index (χ0) is 20.3. The molecule has 2 aliphatic heterocycles. The first-order valence-corrected chi connectivity index (χ1v) is 11.9. The van der Waals surface area contributed by atoms with Crippen LogP contribution in [0.1, 0.15) is 24.8 Å². The molecule has 1 aromatic carbocycles. The van der Waals surface area contributed by atoms with Crippen molar-refractivity contribution >= 4 is 29.1 Å². The lowest BCUT2D eigenvalue weighted by Crippen LogP contribution is -2.31. The van der Waals surface area contributed by atoms with Crippen LogP contribution in [0.15, 0.2) is 53.9 Å². The van der Waals surface area contributed by atoms with Gasteiger partial charge in [-0.3, -0.25) is 9.47 Å². The van der Waals surface area contributed by atoms with Crippen LogP contribution in [-0.4, -0.2) is 45.0 Å². The van der Waals surface area contributed by atoms with E-state index in [1.165, 1.54) is 11.1 Å². The Morgan fingerprint density at radius 3 is 2.77 bits per heavy atom. The summed E-state index contributed by atoms with van der Waals surface area (Å²) in [7, 11) is 0. The molecule has 2 aromatic heterocycles. The minimum Gasteiger partial charge on any atom is -0.376 e. The van der Waals surface area contributed by atoms with Crippen LogP contribution in [0, 0.1) is 4.77 Å². The first kappa shape index (κ1) is 19.9. The minimum atomic E-state index is 0.236. The number of rotatable bonds is 6. The van der Waals surface area contributed by atoms with E-state index in [1.807, 2.05) is 4.68 Å². The van der Waals surface area contributed by atoms with E-state index in [1.54, 1.807) is 11.3 Å². The van der Waals surface area contributed by atoms with Gasteiger partial charge in [-0.2, -0.15) is 0 Å². The van der Waals surface area contributed by atoms with Gasteiger partial charge < -0.3 is 4.74 Å². The van der Waals surface area contributed by atoms with Crippen molar-refractivity contribution in [2.75, 3.05) is 19.7 Å². The summed E-state index contributed by atoms with van der Waals surface area (Å²) < 4.78 is 10.8. The Balaban J connectivity index is 1.36. The Morgan fingerprint density at radius 2 is 2.07 bits per heavy atom. The molecule has 30 heavy (non-hydrogen) atoms. The lowest BCUT2D eigenvalue weighted by molar-refractivity contribution is 0.0967. The SMILES string of the molecule is S=c1n(CN2CC=C(c3ccccc3)CC2)nc(-c2cccs2)n1CC1CCCO1. The third-order valence-corrected chi connectivity index (χ3v) is 7.14. The fourth-order valence-corrected chi connectivity index (χ4v) is 5.20. The molecular weight excluding hydrogens is 412 g/mol. The lowest BCUT2D eigenvalue weighted by Gasteiger charge is -2.26. The highest BCUT2D eigenvalue weighted by atomic mass is 32.1. The Hall–Kier alpha value is -2.06. The van der Waals surface area contributed by atoms with Gasteiger partial charge in [0.05, 0.1) is 24.2 Å². The normalized spacial score (nSPS) is 19.9. The molecule has 1 saturated heterocycles. The molecule has 0 bridgehead atoms. The van der Waals surface area contributed by atoms with Gasteiger partial charge in [0, 0.05) is 19.7 Å². The van der Waals surface area contributed by atoms with Gasteiger partial charge in [-0.15, -0.1) is 16.4 Å². The van der Waals surface area contributed by atoms with Gasteiger partial charge in [0.15, 0.2) is 10.6 Å². The predicted molar refractivity (Wildman–Crippen MR) is 124 cm³/mol. The number of ether oxygens (including phenoxy) is 1. The largest absolute Gasteiger partial charge is 0.376 e. The smallest absolute Gasteiger partial charge is 0.199 e. The Bertz CT molecular complexity index is 1060. The van der Waals surface area contributed by atoms with E-state index in [-0.39, 0.29) is 6.10 Å². The average Bonchev–Trinajstić information content (AvgIpc) is 3.54. The number of hydrogen-bond donors (Lipinski definition) is 0. The summed E-state index contributed by atoms with van der Waals surface area (Å²) in [6.07, 6.45) is 5.84. The summed E-state index contributed by atoms with van der Waals surface area (Å²) in [4.78, 5) is 3.56. The van der Waals surface area contributed by atoms with Crippen molar-refractivity contribution in [1.29, 1.82) is 0 Å². The molecule has 0 radical (unpaired) electrons. The van der Waals surface area contributed by atoms with E-state index in [0.717, 1.165) is 61.0 Å². The van der Waals surface area contributed by atoms with Crippen LogP contribution in [0.3, 0.4) is 0 Å². The van der Waals surface area contributed by atoms with E-state index in [2.05, 4.69) is 63.4 Å². The van der Waals surface area contributed by atoms with E-state index >= 15 is 0 Å². The topological polar surface area (TPSA) is 35.2 Å². The maximum absolute atomic E-state index is 5.88. The number of hydrogen-bond acceptors (Lipinski definition) is 5. The molecule has 5 rings (SSSR count). The maximum atomic E-state index is 5.88. The van der Waals surface area contributed by atoms with Crippen LogP contribution in [-0.2, 0) is 18.0 Å². The number of aromatic nitrogens is 3. The van der Waals surface area contributed by atoms with Crippen molar-refractivity contribution < 1.29 is 4.74 Å². The average molecular weight is 439 g/mol. The number of nitrogens with zero attached hydrogens (tertiary/aromatic N) is 4. The molecular formula is C23H26N4OS2. The third kappa shape index (κ3) is 4.21. The summed E-state index contributed by atoms with van der Waals surface area (Å²) in [6.45, 7) is 4.27. The van der Waals surface area contributed by atoms with Crippen LogP contribution < -0.4 is 0 Å². The Kier molecular flexibility index (Phi) is 5.95. The molecule has 1 atom stereocenters. The first-order valence-electron chi connectivity index (χ1n) is 10.6. The number of thiophene rings is 1. The summed E-state index contributed by atoms with van der Waals surface area (Å²) in [6, 6.07) is 14.9. The summed E-state index contributed by atoms with van der Waals surface area (Å²) in [5, 5.41) is 7.03. The van der Waals surface area contributed by atoms with Crippen molar-refractivity contribution in [2.24, 2.45) is 0 Å². The van der Waals surface area contributed by atoms with Crippen molar-refractivity contribution in [3.05, 3.63) is 64.3 Å². The Labute approximate surface area is 186 Å². The Morgan fingerprint density at radius 1 is 1.17 bits per heavy atom. The van der Waals surface area contributed by atoms with Crippen molar-refractivity contribution in [1.82, 2.24) is 19.2 Å². The van der Waals surface area contributed by atoms with Gasteiger partial charge in [0.25, 0.3) is 0 Å². The molecule has 0 spiro atoms. The van der Waals surface area contributed by atoms with Crippen LogP contribution in [0.4, 0.5) is 0 Å². The van der Waals surface area contributed by atoms with E-state index < -0.39 is 0 Å². The molecule has 1 unspecified atom stereocenters. The summed E-state index contributed by atoms with van der Waals surface area (Å²) in [5.41, 5.74) is 2.76.